The Bertz CT molecular complexity index is 1090. The van der Waals surface area contributed by atoms with Crippen LogP contribution in [0.25, 0.3) is 0 Å². The highest BCUT2D eigenvalue weighted by Crippen LogP contribution is 2.36. The number of hydrogen-bond donors (Lipinski definition) is 0. The van der Waals surface area contributed by atoms with Crippen molar-refractivity contribution in [2.24, 2.45) is 0 Å². The van der Waals surface area contributed by atoms with E-state index in [1.165, 1.54) is 11.1 Å². The number of halogens is 1. The third kappa shape index (κ3) is 4.61. The fraction of sp³-hybridized carbons (Fsp3) is 0.357. The van der Waals surface area contributed by atoms with Crippen LogP contribution < -0.4 is 9.47 Å². The summed E-state index contributed by atoms with van der Waals surface area (Å²) in [6, 6.07) is 23.9. The third-order valence-corrected chi connectivity index (χ3v) is 7.05. The Kier molecular flexibility index (Phi) is 6.09. The largest absolute Gasteiger partial charge is 0.486 e. The molecule has 0 aromatic heterocycles. The first-order valence-electron chi connectivity index (χ1n) is 11.7. The molecule has 5 heteroatoms. The molecule has 3 aromatic carbocycles. The quantitative estimate of drug-likeness (QED) is 0.555. The lowest BCUT2D eigenvalue weighted by atomic mass is 9.86. The second-order valence-corrected chi connectivity index (χ2v) is 9.41. The molecule has 2 unspecified atom stereocenters. The molecule has 2 heterocycles. The zero-order valence-corrected chi connectivity index (χ0v) is 19.3. The number of hydrogen-bond acceptors (Lipinski definition) is 4. The Balaban J connectivity index is 1.44. The maximum atomic E-state index is 13.7. The molecule has 1 saturated heterocycles. The molecule has 3 aromatic rings. The van der Waals surface area contributed by atoms with Gasteiger partial charge in [-0.1, -0.05) is 48.5 Å². The van der Waals surface area contributed by atoms with Gasteiger partial charge in [0.05, 0.1) is 6.04 Å². The molecule has 0 spiro atoms. The zero-order chi connectivity index (χ0) is 22.8. The molecule has 0 aliphatic carbocycles. The molecule has 172 valence electrons. The topological polar surface area (TPSA) is 24.9 Å². The Labute approximate surface area is 195 Å². The fourth-order valence-electron chi connectivity index (χ4n) is 5.13. The van der Waals surface area contributed by atoms with Crippen LogP contribution in [0.5, 0.6) is 11.5 Å². The van der Waals surface area contributed by atoms with Gasteiger partial charge in [0, 0.05) is 25.2 Å². The first kappa shape index (κ1) is 21.9. The van der Waals surface area contributed by atoms with Crippen LogP contribution in [0, 0.1) is 5.82 Å². The van der Waals surface area contributed by atoms with Crippen LogP contribution in [-0.4, -0.2) is 55.2 Å². The van der Waals surface area contributed by atoms with E-state index < -0.39 is 0 Å². The SMILES string of the molecule is CN1CCN(C(c2ccccc2)c2ccc(F)cc2)CC1(C)Cc1ccc2c(c1)OCCO2. The van der Waals surface area contributed by atoms with Crippen molar-refractivity contribution in [2.75, 3.05) is 39.9 Å². The van der Waals surface area contributed by atoms with Gasteiger partial charge in [-0.2, -0.15) is 0 Å². The smallest absolute Gasteiger partial charge is 0.161 e. The maximum absolute atomic E-state index is 13.7. The van der Waals surface area contributed by atoms with Crippen LogP contribution in [0.15, 0.2) is 72.8 Å². The van der Waals surface area contributed by atoms with Crippen LogP contribution in [-0.2, 0) is 6.42 Å². The molecule has 0 saturated carbocycles. The summed E-state index contributed by atoms with van der Waals surface area (Å²) in [5.74, 6) is 1.47. The van der Waals surface area contributed by atoms with Crippen molar-refractivity contribution < 1.29 is 13.9 Å². The first-order valence-corrected chi connectivity index (χ1v) is 11.7. The van der Waals surface area contributed by atoms with E-state index >= 15 is 0 Å². The predicted molar refractivity (Wildman–Crippen MR) is 128 cm³/mol. The van der Waals surface area contributed by atoms with Gasteiger partial charge in [0.2, 0.25) is 0 Å². The van der Waals surface area contributed by atoms with Gasteiger partial charge < -0.3 is 9.47 Å². The number of fused-ring (bicyclic) bond motifs is 1. The summed E-state index contributed by atoms with van der Waals surface area (Å²) in [5.41, 5.74) is 3.53. The number of piperazine rings is 1. The van der Waals surface area contributed by atoms with Gasteiger partial charge in [-0.15, -0.1) is 0 Å². The van der Waals surface area contributed by atoms with Crippen molar-refractivity contribution in [3.63, 3.8) is 0 Å². The normalized spacial score (nSPS) is 22.2. The van der Waals surface area contributed by atoms with Gasteiger partial charge in [0.15, 0.2) is 11.5 Å². The van der Waals surface area contributed by atoms with Gasteiger partial charge in [-0.3, -0.25) is 9.80 Å². The fourth-order valence-corrected chi connectivity index (χ4v) is 5.13. The molecule has 0 bridgehead atoms. The minimum atomic E-state index is -0.201. The second kappa shape index (κ2) is 9.16. The Hall–Kier alpha value is -2.89. The third-order valence-electron chi connectivity index (χ3n) is 7.05. The number of rotatable bonds is 5. The van der Waals surface area contributed by atoms with Crippen LogP contribution in [0.1, 0.15) is 29.7 Å². The van der Waals surface area contributed by atoms with Gasteiger partial charge in [0.1, 0.15) is 19.0 Å². The highest BCUT2D eigenvalue weighted by molar-refractivity contribution is 5.44. The first-order chi connectivity index (χ1) is 16.0. The van der Waals surface area contributed by atoms with E-state index in [2.05, 4.69) is 60.2 Å². The van der Waals surface area contributed by atoms with Crippen molar-refractivity contribution in [3.05, 3.63) is 95.3 Å². The Morgan fingerprint density at radius 1 is 0.879 bits per heavy atom. The predicted octanol–water partition coefficient (Wildman–Crippen LogP) is 4.94. The van der Waals surface area contributed by atoms with E-state index in [0.717, 1.165) is 43.1 Å². The number of ether oxygens (including phenoxy) is 2. The maximum Gasteiger partial charge on any atom is 0.161 e. The van der Waals surface area contributed by atoms with Crippen LogP contribution in [0.4, 0.5) is 4.39 Å². The van der Waals surface area contributed by atoms with Crippen molar-refractivity contribution in [1.82, 2.24) is 9.80 Å². The average molecular weight is 447 g/mol. The summed E-state index contributed by atoms with van der Waals surface area (Å²) in [4.78, 5) is 5.01. The molecular formula is C28H31FN2O2. The van der Waals surface area contributed by atoms with E-state index in [1.807, 2.05) is 24.3 Å². The lowest BCUT2D eigenvalue weighted by Gasteiger charge is -2.50. The lowest BCUT2D eigenvalue weighted by molar-refractivity contribution is 0.0133. The highest BCUT2D eigenvalue weighted by Gasteiger charge is 2.39. The van der Waals surface area contributed by atoms with E-state index in [-0.39, 0.29) is 17.4 Å². The minimum Gasteiger partial charge on any atom is -0.486 e. The highest BCUT2D eigenvalue weighted by atomic mass is 19.1. The molecule has 4 nitrogen and oxygen atoms in total. The number of benzene rings is 3. The summed E-state index contributed by atoms with van der Waals surface area (Å²) < 4.78 is 25.2. The van der Waals surface area contributed by atoms with E-state index in [0.29, 0.717) is 13.2 Å². The molecule has 33 heavy (non-hydrogen) atoms. The van der Waals surface area contributed by atoms with Gasteiger partial charge in [-0.25, -0.2) is 4.39 Å². The molecule has 0 amide bonds. The molecular weight excluding hydrogens is 415 g/mol. The molecule has 2 aliphatic heterocycles. The molecule has 5 rings (SSSR count). The standard InChI is InChI=1S/C28H31FN2O2/c1-28(19-21-8-13-25-26(18-21)33-17-16-32-25)20-31(15-14-30(28)2)27(22-6-4-3-5-7-22)23-9-11-24(29)12-10-23/h3-13,18,27H,14-17,19-20H2,1-2H3. The minimum absolute atomic E-state index is 0.0604. The molecule has 2 atom stereocenters. The summed E-state index contributed by atoms with van der Waals surface area (Å²) in [5, 5.41) is 0. The van der Waals surface area contributed by atoms with E-state index in [1.54, 1.807) is 12.1 Å². The van der Waals surface area contributed by atoms with Crippen LogP contribution in [0.3, 0.4) is 0 Å². The Morgan fingerprint density at radius 3 is 2.33 bits per heavy atom. The van der Waals surface area contributed by atoms with Crippen molar-refractivity contribution in [2.45, 2.75) is 24.9 Å². The van der Waals surface area contributed by atoms with E-state index in [4.69, 9.17) is 9.47 Å². The molecule has 0 radical (unpaired) electrons. The van der Waals surface area contributed by atoms with Crippen LogP contribution in [0.2, 0.25) is 0 Å². The van der Waals surface area contributed by atoms with Crippen molar-refractivity contribution >= 4 is 0 Å². The summed E-state index contributed by atoms with van der Waals surface area (Å²) in [6.07, 6.45) is 0.904. The van der Waals surface area contributed by atoms with Crippen molar-refractivity contribution in [1.29, 1.82) is 0 Å². The molecule has 2 aliphatic rings. The molecule has 1 fully saturated rings. The van der Waals surface area contributed by atoms with Crippen molar-refractivity contribution in [3.8, 4) is 11.5 Å². The molecule has 0 N–H and O–H groups in total. The lowest BCUT2D eigenvalue weighted by Crippen LogP contribution is -2.60. The van der Waals surface area contributed by atoms with Gasteiger partial charge in [-0.05, 0) is 61.3 Å². The second-order valence-electron chi connectivity index (χ2n) is 9.41. The van der Waals surface area contributed by atoms with Gasteiger partial charge >= 0.3 is 0 Å². The summed E-state index contributed by atoms with van der Waals surface area (Å²) >= 11 is 0. The van der Waals surface area contributed by atoms with Crippen LogP contribution >= 0.6 is 0 Å². The summed E-state index contributed by atoms with van der Waals surface area (Å²) in [7, 11) is 2.21. The zero-order valence-electron chi connectivity index (χ0n) is 19.3. The van der Waals surface area contributed by atoms with Gasteiger partial charge in [0.25, 0.3) is 0 Å². The number of likely N-dealkylation sites (N-methyl/N-ethyl adjacent to an activating group) is 1. The van der Waals surface area contributed by atoms with E-state index in [9.17, 15) is 4.39 Å². The Morgan fingerprint density at radius 2 is 1.58 bits per heavy atom. The number of nitrogens with zero attached hydrogens (tertiary/aromatic N) is 2. The summed E-state index contributed by atoms with van der Waals surface area (Å²) in [6.45, 7) is 6.34. The monoisotopic (exact) mass is 446 g/mol. The average Bonchev–Trinajstić information content (AvgIpc) is 2.83.